The van der Waals surface area contributed by atoms with Crippen LogP contribution in [0.3, 0.4) is 0 Å². The van der Waals surface area contributed by atoms with Crippen LogP contribution in [-0.2, 0) is 6.54 Å². The normalized spacial score (nSPS) is 10.7. The molecule has 0 aliphatic heterocycles. The molecule has 0 bridgehead atoms. The van der Waals surface area contributed by atoms with Gasteiger partial charge in [0.2, 0.25) is 0 Å². The number of rotatable bonds is 3. The van der Waals surface area contributed by atoms with Crippen molar-refractivity contribution in [2.75, 3.05) is 5.73 Å². The van der Waals surface area contributed by atoms with E-state index in [9.17, 15) is 0 Å². The van der Waals surface area contributed by atoms with Crippen LogP contribution in [0.5, 0.6) is 0 Å². The van der Waals surface area contributed by atoms with Gasteiger partial charge in [0.15, 0.2) is 3.95 Å². The van der Waals surface area contributed by atoms with Crippen molar-refractivity contribution < 1.29 is 0 Å². The van der Waals surface area contributed by atoms with E-state index in [1.807, 2.05) is 59.2 Å². The van der Waals surface area contributed by atoms with Gasteiger partial charge in [-0.1, -0.05) is 60.1 Å². The van der Waals surface area contributed by atoms with Gasteiger partial charge >= 0.3 is 0 Å². The van der Waals surface area contributed by atoms with Crippen LogP contribution in [-0.4, -0.2) is 4.57 Å². The minimum Gasteiger partial charge on any atom is -0.384 e. The Hall–Kier alpha value is -1.62. The summed E-state index contributed by atoms with van der Waals surface area (Å²) >= 11 is 13.2. The molecule has 0 fully saturated rings. The molecule has 0 saturated carbocycles. The first-order chi connectivity index (χ1) is 10.2. The fourth-order valence-corrected chi connectivity index (χ4v) is 3.68. The number of aromatic nitrogens is 1. The summed E-state index contributed by atoms with van der Waals surface area (Å²) in [6.45, 7) is 0.591. The fourth-order valence-electron chi connectivity index (χ4n) is 2.16. The van der Waals surface area contributed by atoms with Gasteiger partial charge in [-0.25, -0.2) is 0 Å². The van der Waals surface area contributed by atoms with Crippen molar-refractivity contribution in [1.82, 2.24) is 4.57 Å². The van der Waals surface area contributed by atoms with Crippen LogP contribution < -0.4 is 5.73 Å². The zero-order chi connectivity index (χ0) is 14.8. The lowest BCUT2D eigenvalue weighted by Gasteiger charge is -2.08. The summed E-state index contributed by atoms with van der Waals surface area (Å²) in [6.07, 6.45) is 0. The molecule has 5 heteroatoms. The number of halogens is 1. The molecule has 0 radical (unpaired) electrons. The molecular weight excluding hydrogens is 320 g/mol. The first-order valence-corrected chi connectivity index (χ1v) is 8.05. The molecule has 0 atom stereocenters. The van der Waals surface area contributed by atoms with Crippen LogP contribution in [0.15, 0.2) is 54.6 Å². The van der Waals surface area contributed by atoms with E-state index in [1.165, 1.54) is 11.3 Å². The Kier molecular flexibility index (Phi) is 4.10. The molecule has 0 spiro atoms. The third-order valence-electron chi connectivity index (χ3n) is 3.26. The van der Waals surface area contributed by atoms with Gasteiger partial charge < -0.3 is 10.3 Å². The third-order valence-corrected chi connectivity index (χ3v) is 5.14. The van der Waals surface area contributed by atoms with Crippen molar-refractivity contribution in [2.24, 2.45) is 0 Å². The summed E-state index contributed by atoms with van der Waals surface area (Å²) in [5.74, 6) is 0.691. The number of nitrogen functional groups attached to an aromatic ring is 1. The highest BCUT2D eigenvalue weighted by atomic mass is 35.5. The lowest BCUT2D eigenvalue weighted by atomic mass is 10.2. The number of anilines is 1. The number of nitrogens with two attached hydrogens (primary N) is 1. The number of hydrogen-bond donors (Lipinski definition) is 1. The molecule has 0 amide bonds. The molecule has 21 heavy (non-hydrogen) atoms. The Labute approximate surface area is 137 Å². The molecule has 0 unspecified atom stereocenters. The highest BCUT2D eigenvalue weighted by Crippen LogP contribution is 2.33. The first kappa shape index (κ1) is 14.3. The number of thiazole rings is 1. The standard InChI is InChI=1S/C16H13ClN2S2/c17-13-9-5-4-8-12(13)10-19-15(18)14(21-16(19)20)11-6-2-1-3-7-11/h1-9H,10,18H2. The average Bonchev–Trinajstić information content (AvgIpc) is 2.78. The van der Waals surface area contributed by atoms with Crippen LogP contribution in [0, 0.1) is 3.95 Å². The largest absolute Gasteiger partial charge is 0.384 e. The van der Waals surface area contributed by atoms with Gasteiger partial charge in [0, 0.05) is 5.02 Å². The molecule has 2 aromatic carbocycles. The Morgan fingerprint density at radius 3 is 2.43 bits per heavy atom. The van der Waals surface area contributed by atoms with Gasteiger partial charge in [-0.3, -0.25) is 0 Å². The number of benzene rings is 2. The van der Waals surface area contributed by atoms with Gasteiger partial charge in [0.1, 0.15) is 5.82 Å². The van der Waals surface area contributed by atoms with Crippen molar-refractivity contribution in [3.63, 3.8) is 0 Å². The summed E-state index contributed by atoms with van der Waals surface area (Å²) in [5, 5.41) is 0.728. The zero-order valence-electron chi connectivity index (χ0n) is 11.1. The SMILES string of the molecule is Nc1c(-c2ccccc2)sc(=S)n1Cc1ccccc1Cl. The minimum atomic E-state index is 0.591. The average molecular weight is 333 g/mol. The van der Waals surface area contributed by atoms with Crippen LogP contribution in [0.2, 0.25) is 5.02 Å². The van der Waals surface area contributed by atoms with E-state index in [0.717, 1.165) is 25.0 Å². The lowest BCUT2D eigenvalue weighted by Crippen LogP contribution is -2.05. The Morgan fingerprint density at radius 2 is 1.71 bits per heavy atom. The second-order valence-corrected chi connectivity index (χ2v) is 6.68. The summed E-state index contributed by atoms with van der Waals surface area (Å²) in [7, 11) is 0. The molecule has 1 heterocycles. The molecule has 1 aromatic heterocycles. The quantitative estimate of drug-likeness (QED) is 0.666. The van der Waals surface area contributed by atoms with Gasteiger partial charge in [-0.05, 0) is 29.4 Å². The fraction of sp³-hybridized carbons (Fsp3) is 0.0625. The first-order valence-electron chi connectivity index (χ1n) is 6.45. The van der Waals surface area contributed by atoms with E-state index in [1.54, 1.807) is 0 Å². The molecule has 2 nitrogen and oxygen atoms in total. The smallest absolute Gasteiger partial charge is 0.163 e. The molecule has 3 rings (SSSR count). The molecule has 0 aliphatic carbocycles. The Bertz CT molecular complexity index is 822. The topological polar surface area (TPSA) is 30.9 Å². The van der Waals surface area contributed by atoms with E-state index >= 15 is 0 Å². The predicted molar refractivity (Wildman–Crippen MR) is 93.5 cm³/mol. The molecule has 0 saturated heterocycles. The lowest BCUT2D eigenvalue weighted by molar-refractivity contribution is 0.813. The third kappa shape index (κ3) is 2.88. The zero-order valence-corrected chi connectivity index (χ0v) is 13.5. The van der Waals surface area contributed by atoms with E-state index in [0.29, 0.717) is 12.4 Å². The summed E-state index contributed by atoms with van der Waals surface area (Å²) in [4.78, 5) is 1.01. The van der Waals surface area contributed by atoms with E-state index in [2.05, 4.69) is 0 Å². The van der Waals surface area contributed by atoms with Crippen LogP contribution in [0.25, 0.3) is 10.4 Å². The van der Waals surface area contributed by atoms with E-state index in [-0.39, 0.29) is 0 Å². The molecule has 2 N–H and O–H groups in total. The molecule has 106 valence electrons. The van der Waals surface area contributed by atoms with Gasteiger partial charge in [-0.2, -0.15) is 0 Å². The van der Waals surface area contributed by atoms with Crippen molar-refractivity contribution in [1.29, 1.82) is 0 Å². The monoisotopic (exact) mass is 332 g/mol. The number of hydrogen-bond acceptors (Lipinski definition) is 3. The van der Waals surface area contributed by atoms with Crippen molar-refractivity contribution >= 4 is 41.0 Å². The number of nitrogens with zero attached hydrogens (tertiary/aromatic N) is 1. The van der Waals surface area contributed by atoms with Crippen molar-refractivity contribution in [3.05, 3.63) is 69.1 Å². The minimum absolute atomic E-state index is 0.591. The summed E-state index contributed by atoms with van der Waals surface area (Å²) in [5.41, 5.74) is 8.40. The Balaban J connectivity index is 2.04. The summed E-state index contributed by atoms with van der Waals surface area (Å²) in [6, 6.07) is 17.8. The second kappa shape index (κ2) is 6.02. The molecule has 3 aromatic rings. The maximum atomic E-state index is 6.30. The van der Waals surface area contributed by atoms with E-state index in [4.69, 9.17) is 29.6 Å². The van der Waals surface area contributed by atoms with Crippen molar-refractivity contribution in [2.45, 2.75) is 6.54 Å². The second-order valence-electron chi connectivity index (χ2n) is 4.63. The Morgan fingerprint density at radius 1 is 1.05 bits per heavy atom. The summed E-state index contributed by atoms with van der Waals surface area (Å²) < 4.78 is 2.69. The van der Waals surface area contributed by atoms with Crippen LogP contribution in [0.1, 0.15) is 5.56 Å². The maximum Gasteiger partial charge on any atom is 0.163 e. The van der Waals surface area contributed by atoms with Crippen molar-refractivity contribution in [3.8, 4) is 10.4 Å². The highest BCUT2D eigenvalue weighted by molar-refractivity contribution is 7.73. The van der Waals surface area contributed by atoms with Gasteiger partial charge in [0.05, 0.1) is 11.4 Å². The van der Waals surface area contributed by atoms with E-state index < -0.39 is 0 Å². The van der Waals surface area contributed by atoms with Gasteiger partial charge in [0.25, 0.3) is 0 Å². The van der Waals surface area contributed by atoms with Gasteiger partial charge in [-0.15, -0.1) is 11.3 Å². The molecular formula is C16H13ClN2S2. The highest BCUT2D eigenvalue weighted by Gasteiger charge is 2.12. The van der Waals surface area contributed by atoms with Crippen LogP contribution >= 0.6 is 35.2 Å². The maximum absolute atomic E-state index is 6.30. The predicted octanol–water partition coefficient (Wildman–Crippen LogP) is 5.23. The van der Waals surface area contributed by atoms with Crippen LogP contribution in [0.4, 0.5) is 5.82 Å². The molecule has 0 aliphatic rings.